The van der Waals surface area contributed by atoms with Gasteiger partial charge in [-0.25, -0.2) is 4.98 Å². The second-order valence-corrected chi connectivity index (χ2v) is 6.61. The number of thiazole rings is 1. The Morgan fingerprint density at radius 2 is 2.06 bits per heavy atom. The molecule has 0 N–H and O–H groups in total. The Kier molecular flexibility index (Phi) is 3.30. The normalized spacial score (nSPS) is 12.7. The Balaban J connectivity index is 1.84. The maximum absolute atomic E-state index is 4.64. The van der Waals surface area contributed by atoms with E-state index in [2.05, 4.69) is 41.2 Å². The highest BCUT2D eigenvalue weighted by atomic mass is 32.2. The SMILES string of the molecule is C[C@@H](Sc1nc2ccccc2s1)c1cccnc1. The molecular weight excluding hydrogens is 260 g/mol. The maximum atomic E-state index is 4.64. The summed E-state index contributed by atoms with van der Waals surface area (Å²) in [5.74, 6) is 0. The molecule has 0 bridgehead atoms. The van der Waals surface area contributed by atoms with Crippen molar-refractivity contribution >= 4 is 33.3 Å². The van der Waals surface area contributed by atoms with Gasteiger partial charge >= 0.3 is 0 Å². The van der Waals surface area contributed by atoms with Crippen molar-refractivity contribution in [2.75, 3.05) is 0 Å². The third kappa shape index (κ3) is 2.40. The molecule has 0 aliphatic heterocycles. The molecule has 3 rings (SSSR count). The highest BCUT2D eigenvalue weighted by Gasteiger charge is 2.11. The fourth-order valence-electron chi connectivity index (χ4n) is 1.74. The monoisotopic (exact) mass is 272 g/mol. The zero-order valence-corrected chi connectivity index (χ0v) is 11.5. The Morgan fingerprint density at radius 3 is 2.83 bits per heavy atom. The second-order valence-electron chi connectivity index (χ2n) is 3.99. The first kappa shape index (κ1) is 11.7. The van der Waals surface area contributed by atoms with Crippen LogP contribution in [0, 0.1) is 0 Å². The van der Waals surface area contributed by atoms with Crippen molar-refractivity contribution in [3.8, 4) is 0 Å². The number of para-hydroxylation sites is 1. The lowest BCUT2D eigenvalue weighted by molar-refractivity contribution is 1.06. The van der Waals surface area contributed by atoms with Crippen LogP contribution in [0.3, 0.4) is 0 Å². The van der Waals surface area contributed by atoms with E-state index in [9.17, 15) is 0 Å². The molecule has 0 radical (unpaired) electrons. The van der Waals surface area contributed by atoms with Crippen molar-refractivity contribution in [1.82, 2.24) is 9.97 Å². The van der Waals surface area contributed by atoms with Gasteiger partial charge in [0.1, 0.15) is 0 Å². The molecule has 90 valence electrons. The van der Waals surface area contributed by atoms with E-state index in [0.29, 0.717) is 5.25 Å². The standard InChI is InChI=1S/C14H12N2S2/c1-10(11-5-4-8-15-9-11)17-14-16-12-6-2-3-7-13(12)18-14/h2-10H,1H3/t10-/m1/s1. The number of hydrogen-bond acceptors (Lipinski definition) is 4. The summed E-state index contributed by atoms with van der Waals surface area (Å²) in [6.45, 7) is 2.19. The lowest BCUT2D eigenvalue weighted by Gasteiger charge is -2.07. The Labute approximate surface area is 114 Å². The molecule has 18 heavy (non-hydrogen) atoms. The zero-order valence-electron chi connectivity index (χ0n) is 9.91. The number of pyridine rings is 1. The summed E-state index contributed by atoms with van der Waals surface area (Å²) in [5, 5.41) is 0.374. The van der Waals surface area contributed by atoms with Gasteiger partial charge in [0.15, 0.2) is 4.34 Å². The van der Waals surface area contributed by atoms with E-state index in [0.717, 1.165) is 9.86 Å². The summed E-state index contributed by atoms with van der Waals surface area (Å²) in [5.41, 5.74) is 2.32. The summed E-state index contributed by atoms with van der Waals surface area (Å²) in [4.78, 5) is 8.80. The van der Waals surface area contributed by atoms with E-state index in [4.69, 9.17) is 0 Å². The van der Waals surface area contributed by atoms with Gasteiger partial charge in [-0.05, 0) is 30.7 Å². The number of fused-ring (bicyclic) bond motifs is 1. The smallest absolute Gasteiger partial charge is 0.151 e. The molecule has 0 fully saturated rings. The first-order valence-electron chi connectivity index (χ1n) is 5.75. The van der Waals surface area contributed by atoms with Crippen LogP contribution in [0.15, 0.2) is 53.1 Å². The highest BCUT2D eigenvalue weighted by molar-refractivity contribution is 8.01. The highest BCUT2D eigenvalue weighted by Crippen LogP contribution is 2.38. The molecule has 0 unspecified atom stereocenters. The van der Waals surface area contributed by atoms with Crippen molar-refractivity contribution < 1.29 is 0 Å². The van der Waals surface area contributed by atoms with Gasteiger partial charge in [-0.2, -0.15) is 0 Å². The minimum absolute atomic E-state index is 0.374. The van der Waals surface area contributed by atoms with Crippen LogP contribution in [-0.4, -0.2) is 9.97 Å². The number of rotatable bonds is 3. The number of hydrogen-bond donors (Lipinski definition) is 0. The Morgan fingerprint density at radius 1 is 1.17 bits per heavy atom. The predicted molar refractivity (Wildman–Crippen MR) is 78.1 cm³/mol. The number of benzene rings is 1. The molecule has 0 amide bonds. The molecule has 2 nitrogen and oxygen atoms in total. The van der Waals surface area contributed by atoms with Crippen LogP contribution < -0.4 is 0 Å². The molecular formula is C14H12N2S2. The molecule has 2 heterocycles. The summed E-state index contributed by atoms with van der Waals surface area (Å²) in [6.07, 6.45) is 3.73. The molecule has 2 aromatic heterocycles. The van der Waals surface area contributed by atoms with E-state index in [1.807, 2.05) is 18.3 Å². The second kappa shape index (κ2) is 5.08. The Hall–Kier alpha value is -1.39. The van der Waals surface area contributed by atoms with E-state index in [1.54, 1.807) is 29.3 Å². The van der Waals surface area contributed by atoms with Crippen LogP contribution in [-0.2, 0) is 0 Å². The molecule has 0 aliphatic rings. The number of aromatic nitrogens is 2. The molecule has 1 atom stereocenters. The average molecular weight is 272 g/mol. The van der Waals surface area contributed by atoms with Gasteiger partial charge in [-0.3, -0.25) is 4.98 Å². The van der Waals surface area contributed by atoms with Crippen LogP contribution in [0.5, 0.6) is 0 Å². The third-order valence-electron chi connectivity index (χ3n) is 2.71. The molecule has 4 heteroatoms. The van der Waals surface area contributed by atoms with Crippen LogP contribution in [0.1, 0.15) is 17.7 Å². The number of nitrogens with zero attached hydrogens (tertiary/aromatic N) is 2. The average Bonchev–Trinajstić information content (AvgIpc) is 2.82. The fourth-order valence-corrected chi connectivity index (χ4v) is 4.06. The molecule has 1 aromatic carbocycles. The van der Waals surface area contributed by atoms with E-state index in [1.165, 1.54) is 10.3 Å². The largest absolute Gasteiger partial charge is 0.264 e. The summed E-state index contributed by atoms with van der Waals surface area (Å²) < 4.78 is 2.37. The third-order valence-corrected chi connectivity index (χ3v) is 4.99. The van der Waals surface area contributed by atoms with Gasteiger partial charge in [-0.15, -0.1) is 11.3 Å². The minimum atomic E-state index is 0.374. The number of thioether (sulfide) groups is 1. The maximum Gasteiger partial charge on any atom is 0.151 e. The van der Waals surface area contributed by atoms with Gasteiger partial charge in [0.05, 0.1) is 10.2 Å². The van der Waals surface area contributed by atoms with Gasteiger partial charge in [0.25, 0.3) is 0 Å². The molecule has 3 aromatic rings. The molecule has 0 saturated heterocycles. The quantitative estimate of drug-likeness (QED) is 0.654. The molecule has 0 spiro atoms. The van der Waals surface area contributed by atoms with Crippen LogP contribution in [0.25, 0.3) is 10.2 Å². The van der Waals surface area contributed by atoms with Crippen LogP contribution >= 0.6 is 23.1 Å². The predicted octanol–water partition coefficient (Wildman–Crippen LogP) is 4.54. The van der Waals surface area contributed by atoms with Gasteiger partial charge < -0.3 is 0 Å². The van der Waals surface area contributed by atoms with Crippen molar-refractivity contribution in [1.29, 1.82) is 0 Å². The lowest BCUT2D eigenvalue weighted by atomic mass is 10.2. The minimum Gasteiger partial charge on any atom is -0.264 e. The summed E-state index contributed by atoms with van der Waals surface area (Å²) >= 11 is 3.54. The fraction of sp³-hybridized carbons (Fsp3) is 0.143. The molecule has 0 saturated carbocycles. The summed E-state index contributed by atoms with van der Waals surface area (Å²) in [7, 11) is 0. The Bertz CT molecular complexity index is 616. The topological polar surface area (TPSA) is 25.8 Å². The van der Waals surface area contributed by atoms with E-state index >= 15 is 0 Å². The van der Waals surface area contributed by atoms with Crippen molar-refractivity contribution in [2.24, 2.45) is 0 Å². The first-order chi connectivity index (χ1) is 8.83. The zero-order chi connectivity index (χ0) is 12.4. The van der Waals surface area contributed by atoms with Gasteiger partial charge in [0, 0.05) is 17.6 Å². The molecule has 0 aliphatic carbocycles. The van der Waals surface area contributed by atoms with Gasteiger partial charge in [-0.1, -0.05) is 30.0 Å². The van der Waals surface area contributed by atoms with Crippen LogP contribution in [0.2, 0.25) is 0 Å². The van der Waals surface area contributed by atoms with Crippen molar-refractivity contribution in [2.45, 2.75) is 16.5 Å². The van der Waals surface area contributed by atoms with E-state index in [-0.39, 0.29) is 0 Å². The lowest BCUT2D eigenvalue weighted by Crippen LogP contribution is -1.88. The van der Waals surface area contributed by atoms with Gasteiger partial charge in [0.2, 0.25) is 0 Å². The van der Waals surface area contributed by atoms with Crippen molar-refractivity contribution in [3.63, 3.8) is 0 Å². The first-order valence-corrected chi connectivity index (χ1v) is 7.45. The van der Waals surface area contributed by atoms with Crippen molar-refractivity contribution in [3.05, 3.63) is 54.4 Å². The van der Waals surface area contributed by atoms with E-state index < -0.39 is 0 Å². The van der Waals surface area contributed by atoms with Crippen LogP contribution in [0.4, 0.5) is 0 Å². The summed E-state index contributed by atoms with van der Waals surface area (Å²) in [6, 6.07) is 12.3.